The number of benzene rings is 1. The summed E-state index contributed by atoms with van der Waals surface area (Å²) in [5.74, 6) is -1.70. The van der Waals surface area contributed by atoms with Crippen LogP contribution in [0.15, 0.2) is 36.5 Å². The molecule has 27 heavy (non-hydrogen) atoms. The topological polar surface area (TPSA) is 79.4 Å². The molecule has 1 aromatic carbocycles. The highest BCUT2D eigenvalue weighted by atomic mass is 32.2. The number of hydrogen-bond donors (Lipinski definition) is 1. The average Bonchev–Trinajstić information content (AvgIpc) is 2.99. The third kappa shape index (κ3) is 4.41. The molecule has 1 aliphatic rings. The van der Waals surface area contributed by atoms with Crippen LogP contribution in [0.25, 0.3) is 0 Å². The second-order valence-electron chi connectivity index (χ2n) is 6.33. The Balaban J connectivity index is 1.72. The fourth-order valence-corrected chi connectivity index (χ4v) is 4.83. The Morgan fingerprint density at radius 3 is 2.59 bits per heavy atom. The molecule has 9 heteroatoms. The van der Waals surface area contributed by atoms with Gasteiger partial charge < -0.3 is 10.2 Å². The molecule has 1 unspecified atom stereocenters. The van der Waals surface area contributed by atoms with Gasteiger partial charge in [-0.3, -0.25) is 4.79 Å². The zero-order valence-corrected chi connectivity index (χ0v) is 15.5. The lowest BCUT2D eigenvalue weighted by Gasteiger charge is -2.27. The van der Waals surface area contributed by atoms with Crippen LogP contribution in [0.5, 0.6) is 0 Å². The number of nitrogens with zero attached hydrogens (tertiary/aromatic N) is 2. The van der Waals surface area contributed by atoms with Gasteiger partial charge in [-0.2, -0.15) is 0 Å². The van der Waals surface area contributed by atoms with Gasteiger partial charge in [-0.25, -0.2) is 22.2 Å². The molecule has 1 amide bonds. The Morgan fingerprint density at radius 1 is 1.26 bits per heavy atom. The number of aromatic nitrogens is 1. The number of anilines is 2. The Hall–Kier alpha value is -2.55. The van der Waals surface area contributed by atoms with Crippen molar-refractivity contribution in [3.05, 3.63) is 53.7 Å². The zero-order chi connectivity index (χ0) is 19.6. The van der Waals surface area contributed by atoms with Gasteiger partial charge >= 0.3 is 0 Å². The van der Waals surface area contributed by atoms with E-state index in [9.17, 15) is 22.0 Å². The second-order valence-corrected chi connectivity index (χ2v) is 8.56. The van der Waals surface area contributed by atoms with Gasteiger partial charge in [-0.15, -0.1) is 0 Å². The summed E-state index contributed by atoms with van der Waals surface area (Å²) in [6.45, 7) is 2.50. The molecule has 0 bridgehead atoms. The quantitative estimate of drug-likeness (QED) is 0.842. The van der Waals surface area contributed by atoms with E-state index in [0.717, 1.165) is 12.1 Å². The molecule has 0 spiro atoms. The van der Waals surface area contributed by atoms with Crippen molar-refractivity contribution in [2.45, 2.75) is 19.4 Å². The van der Waals surface area contributed by atoms with E-state index in [0.29, 0.717) is 18.8 Å². The van der Waals surface area contributed by atoms with Gasteiger partial charge in [0.05, 0.1) is 17.1 Å². The zero-order valence-electron chi connectivity index (χ0n) is 14.7. The summed E-state index contributed by atoms with van der Waals surface area (Å²) < 4.78 is 49.6. The molecule has 144 valence electrons. The molecule has 1 atom stereocenters. The molecular weight excluding hydrogens is 376 g/mol. The van der Waals surface area contributed by atoms with Crippen molar-refractivity contribution >= 4 is 27.2 Å². The molecule has 6 nitrogen and oxygen atoms in total. The minimum atomic E-state index is -3.01. The van der Waals surface area contributed by atoms with Crippen LogP contribution < -0.4 is 10.2 Å². The van der Waals surface area contributed by atoms with Crippen LogP contribution in [0.4, 0.5) is 20.3 Å². The van der Waals surface area contributed by atoms with Crippen LogP contribution >= 0.6 is 0 Å². The van der Waals surface area contributed by atoms with Crippen LogP contribution in [0.3, 0.4) is 0 Å². The lowest BCUT2D eigenvalue weighted by Crippen LogP contribution is -2.36. The number of hydrogen-bond acceptors (Lipinski definition) is 5. The molecular formula is C18H19F2N3O3S. The first-order valence-corrected chi connectivity index (χ1v) is 10.3. The van der Waals surface area contributed by atoms with Crippen LogP contribution in [0, 0.1) is 11.6 Å². The van der Waals surface area contributed by atoms with Crippen LogP contribution in [-0.4, -0.2) is 43.4 Å². The molecule has 1 N–H and O–H groups in total. The van der Waals surface area contributed by atoms with Gasteiger partial charge in [0.25, 0.3) is 5.91 Å². The lowest BCUT2D eigenvalue weighted by molar-refractivity contribution is 0.102. The number of carbonyl (C=O) groups excluding carboxylic acids is 1. The number of amides is 1. The van der Waals surface area contributed by atoms with Gasteiger partial charge in [0.1, 0.15) is 5.82 Å². The van der Waals surface area contributed by atoms with E-state index in [1.807, 2.05) is 11.8 Å². The summed E-state index contributed by atoms with van der Waals surface area (Å²) in [7, 11) is -3.01. The van der Waals surface area contributed by atoms with Crippen molar-refractivity contribution in [3.63, 3.8) is 0 Å². The van der Waals surface area contributed by atoms with Crippen molar-refractivity contribution in [2.75, 3.05) is 28.3 Å². The molecule has 1 aliphatic heterocycles. The van der Waals surface area contributed by atoms with Crippen LogP contribution in [0.2, 0.25) is 0 Å². The van der Waals surface area contributed by atoms with E-state index in [1.54, 1.807) is 12.1 Å². The molecule has 0 aliphatic carbocycles. The highest BCUT2D eigenvalue weighted by Gasteiger charge is 2.32. The predicted octanol–water partition coefficient (Wildman–Crippen LogP) is 2.63. The summed E-state index contributed by atoms with van der Waals surface area (Å²) in [6.07, 6.45) is 1.92. The number of halogens is 2. The Morgan fingerprint density at radius 2 is 2.04 bits per heavy atom. The normalized spacial score (nSPS) is 18.3. The number of pyridine rings is 1. The molecule has 1 fully saturated rings. The summed E-state index contributed by atoms with van der Waals surface area (Å²) in [4.78, 5) is 18.4. The minimum absolute atomic E-state index is 0.0981. The second kappa shape index (κ2) is 7.59. The molecule has 1 aromatic heterocycles. The number of rotatable bonds is 5. The molecule has 2 aromatic rings. The first-order valence-electron chi connectivity index (χ1n) is 8.48. The maximum absolute atomic E-state index is 13.2. The number of carbonyl (C=O) groups is 1. The first kappa shape index (κ1) is 19.2. The van der Waals surface area contributed by atoms with Crippen molar-refractivity contribution in [1.29, 1.82) is 0 Å². The molecule has 2 heterocycles. The van der Waals surface area contributed by atoms with E-state index >= 15 is 0 Å². The van der Waals surface area contributed by atoms with Gasteiger partial charge in [-0.1, -0.05) is 0 Å². The summed E-state index contributed by atoms with van der Waals surface area (Å²) in [6, 6.07) is 6.17. The van der Waals surface area contributed by atoms with E-state index in [4.69, 9.17) is 0 Å². The van der Waals surface area contributed by atoms with Gasteiger partial charge in [0, 0.05) is 30.5 Å². The maximum Gasteiger partial charge on any atom is 0.257 e. The summed E-state index contributed by atoms with van der Waals surface area (Å²) in [5, 5.41) is 2.48. The number of sulfone groups is 1. The highest BCUT2D eigenvalue weighted by Crippen LogP contribution is 2.23. The Bertz CT molecular complexity index is 949. The van der Waals surface area contributed by atoms with Crippen LogP contribution in [-0.2, 0) is 9.84 Å². The van der Waals surface area contributed by atoms with Crippen molar-refractivity contribution in [2.24, 2.45) is 0 Å². The predicted molar refractivity (Wildman–Crippen MR) is 98.6 cm³/mol. The molecule has 0 radical (unpaired) electrons. The van der Waals surface area contributed by atoms with Gasteiger partial charge in [-0.05, 0) is 37.6 Å². The monoisotopic (exact) mass is 395 g/mol. The average molecular weight is 395 g/mol. The first-order chi connectivity index (χ1) is 12.8. The maximum atomic E-state index is 13.2. The fraction of sp³-hybridized carbons (Fsp3) is 0.333. The number of nitrogens with one attached hydrogen (secondary N) is 1. The van der Waals surface area contributed by atoms with Crippen molar-refractivity contribution < 1.29 is 22.0 Å². The van der Waals surface area contributed by atoms with E-state index in [-0.39, 0.29) is 28.8 Å². The third-order valence-corrected chi connectivity index (χ3v) is 6.22. The smallest absolute Gasteiger partial charge is 0.257 e. The van der Waals surface area contributed by atoms with E-state index < -0.39 is 27.4 Å². The van der Waals surface area contributed by atoms with E-state index in [2.05, 4.69) is 10.3 Å². The fourth-order valence-electron chi connectivity index (χ4n) is 3.10. The standard InChI is InChI=1S/C18H19F2N3O3S/c1-2-23(14-7-8-27(25,26)11-14)17-6-3-12(10-21-17)18(24)22-13-4-5-15(19)16(20)9-13/h3-6,9-10,14H,2,7-8,11H2,1H3,(H,22,24). The summed E-state index contributed by atoms with van der Waals surface area (Å²) in [5.41, 5.74) is 0.382. The third-order valence-electron chi connectivity index (χ3n) is 4.47. The minimum Gasteiger partial charge on any atom is -0.353 e. The summed E-state index contributed by atoms with van der Waals surface area (Å²) >= 11 is 0. The van der Waals surface area contributed by atoms with Gasteiger partial charge in [0.2, 0.25) is 0 Å². The van der Waals surface area contributed by atoms with Crippen LogP contribution in [0.1, 0.15) is 23.7 Å². The Kier molecular flexibility index (Phi) is 5.41. The lowest BCUT2D eigenvalue weighted by atomic mass is 10.2. The highest BCUT2D eigenvalue weighted by molar-refractivity contribution is 7.91. The van der Waals surface area contributed by atoms with Gasteiger partial charge in [0.15, 0.2) is 21.5 Å². The molecule has 1 saturated heterocycles. The van der Waals surface area contributed by atoms with Crippen molar-refractivity contribution in [1.82, 2.24) is 4.98 Å². The SMILES string of the molecule is CCN(c1ccc(C(=O)Nc2ccc(F)c(F)c2)cn1)C1CCS(=O)(=O)C1. The molecule has 0 saturated carbocycles. The molecule has 3 rings (SSSR count). The van der Waals surface area contributed by atoms with Crippen molar-refractivity contribution in [3.8, 4) is 0 Å². The Labute approximate surface area is 156 Å². The largest absolute Gasteiger partial charge is 0.353 e. The van der Waals surface area contributed by atoms with E-state index in [1.165, 1.54) is 12.3 Å².